The molecule has 36 heavy (non-hydrogen) atoms. The van der Waals surface area contributed by atoms with Crippen molar-refractivity contribution in [2.24, 2.45) is 10.8 Å². The maximum Gasteiger partial charge on any atom is 0.327 e. The number of carboxylic acid groups (broad SMARTS) is 1. The zero-order chi connectivity index (χ0) is 27.0. The van der Waals surface area contributed by atoms with Crippen molar-refractivity contribution < 1.29 is 24.2 Å². The molecule has 0 aromatic rings. The zero-order valence-corrected chi connectivity index (χ0v) is 23.9. The molecule has 0 aromatic carbocycles. The predicted molar refractivity (Wildman–Crippen MR) is 145 cm³/mol. The number of carboxylic acids is 1. The third-order valence-corrected chi connectivity index (χ3v) is 8.96. The summed E-state index contributed by atoms with van der Waals surface area (Å²) in [4.78, 5) is 38.5. The molecular weight excluding hydrogens is 456 g/mol. The summed E-state index contributed by atoms with van der Waals surface area (Å²) in [5.74, 6) is -0.757. The summed E-state index contributed by atoms with van der Waals surface area (Å²) in [6.07, 6.45) is 13.8. The van der Waals surface area contributed by atoms with Crippen LogP contribution in [0.2, 0.25) is 0 Å². The molecule has 1 fully saturated rings. The van der Waals surface area contributed by atoms with Gasteiger partial charge in [-0.25, -0.2) is 4.79 Å². The van der Waals surface area contributed by atoms with E-state index in [0.29, 0.717) is 13.1 Å². The van der Waals surface area contributed by atoms with Crippen LogP contribution in [-0.4, -0.2) is 65.7 Å². The number of likely N-dealkylation sites (N-methyl/N-ethyl adjacent to an activating group) is 1. The van der Waals surface area contributed by atoms with Crippen molar-refractivity contribution in [2.45, 2.75) is 125 Å². The van der Waals surface area contributed by atoms with Crippen molar-refractivity contribution in [3.63, 3.8) is 0 Å². The van der Waals surface area contributed by atoms with Gasteiger partial charge >= 0.3 is 12.0 Å². The molecule has 0 aromatic heterocycles. The topological polar surface area (TPSA) is 87.2 Å². The van der Waals surface area contributed by atoms with Crippen LogP contribution < -0.4 is 0 Å². The van der Waals surface area contributed by atoms with E-state index in [0.717, 1.165) is 96.7 Å². The third kappa shape index (κ3) is 10.4. The summed E-state index contributed by atoms with van der Waals surface area (Å²) in [7, 11) is 0. The fraction of sp³-hybridized carbons (Fsp3) is 0.897. The second kappa shape index (κ2) is 17.0. The minimum atomic E-state index is -0.695. The highest BCUT2D eigenvalue weighted by Gasteiger charge is 2.35. The molecule has 0 saturated carbocycles. The number of unbranched alkanes of at least 4 members (excludes halogenated alkanes) is 2. The molecule has 0 aliphatic carbocycles. The summed E-state index contributed by atoms with van der Waals surface area (Å²) in [5.41, 5.74) is 0.433. The monoisotopic (exact) mass is 510 g/mol. The van der Waals surface area contributed by atoms with Crippen molar-refractivity contribution >= 4 is 17.9 Å². The number of carbonyl (C=O) groups is 3. The first-order chi connectivity index (χ1) is 17.2. The molecule has 7 nitrogen and oxygen atoms in total. The van der Waals surface area contributed by atoms with E-state index in [1.165, 1.54) is 4.90 Å². The fourth-order valence-corrected chi connectivity index (χ4v) is 5.72. The minimum Gasteiger partial charge on any atom is -0.481 e. The smallest absolute Gasteiger partial charge is 0.327 e. The van der Waals surface area contributed by atoms with Gasteiger partial charge in [-0.1, -0.05) is 66.2 Å². The highest BCUT2D eigenvalue weighted by Crippen LogP contribution is 2.38. The number of hydrogen-bond donors (Lipinski definition) is 1. The Morgan fingerprint density at radius 1 is 0.806 bits per heavy atom. The van der Waals surface area contributed by atoms with Gasteiger partial charge in [0.15, 0.2) is 0 Å². The van der Waals surface area contributed by atoms with E-state index in [1.807, 2.05) is 6.92 Å². The van der Waals surface area contributed by atoms with E-state index >= 15 is 0 Å². The van der Waals surface area contributed by atoms with Crippen LogP contribution in [-0.2, 0) is 14.3 Å². The van der Waals surface area contributed by atoms with Gasteiger partial charge in [0.05, 0.1) is 0 Å². The van der Waals surface area contributed by atoms with E-state index in [-0.39, 0.29) is 35.7 Å². The largest absolute Gasteiger partial charge is 0.481 e. The number of hydrogen-bond acceptors (Lipinski definition) is 4. The van der Waals surface area contributed by atoms with Gasteiger partial charge in [0.2, 0.25) is 5.91 Å². The van der Waals surface area contributed by atoms with Crippen molar-refractivity contribution in [1.29, 1.82) is 0 Å². The van der Waals surface area contributed by atoms with E-state index in [1.54, 1.807) is 4.90 Å². The maximum atomic E-state index is 12.3. The van der Waals surface area contributed by atoms with Crippen LogP contribution in [0, 0.1) is 10.8 Å². The molecule has 1 aliphatic heterocycles. The van der Waals surface area contributed by atoms with E-state index in [4.69, 9.17) is 9.84 Å². The molecule has 1 N–H and O–H groups in total. The zero-order valence-electron chi connectivity index (χ0n) is 23.9. The second-order valence-electron chi connectivity index (χ2n) is 10.8. The Kier molecular flexibility index (Phi) is 15.3. The molecule has 1 saturated heterocycles. The van der Waals surface area contributed by atoms with Crippen LogP contribution in [0.5, 0.6) is 0 Å². The lowest BCUT2D eigenvalue weighted by atomic mass is 9.74. The van der Waals surface area contributed by atoms with Crippen molar-refractivity contribution in [3.8, 4) is 0 Å². The Labute approximate surface area is 220 Å². The number of carbonyl (C=O) groups excluding carboxylic acids is 2. The summed E-state index contributed by atoms with van der Waals surface area (Å²) in [5, 5.41) is 9.04. The number of rotatable bonds is 22. The van der Waals surface area contributed by atoms with Crippen LogP contribution in [0.3, 0.4) is 0 Å². The van der Waals surface area contributed by atoms with Crippen LogP contribution in [0.1, 0.15) is 125 Å². The third-order valence-electron chi connectivity index (χ3n) is 8.96. The Morgan fingerprint density at radius 2 is 1.31 bits per heavy atom. The summed E-state index contributed by atoms with van der Waals surface area (Å²) in [6, 6.07) is -0.131. The molecule has 7 heteroatoms. The van der Waals surface area contributed by atoms with E-state index in [9.17, 15) is 14.4 Å². The van der Waals surface area contributed by atoms with Crippen molar-refractivity contribution in [3.05, 3.63) is 0 Å². The van der Waals surface area contributed by atoms with Gasteiger partial charge in [0.1, 0.15) is 6.54 Å². The van der Waals surface area contributed by atoms with Crippen molar-refractivity contribution in [1.82, 2.24) is 9.80 Å². The highest BCUT2D eigenvalue weighted by molar-refractivity contribution is 6.01. The van der Waals surface area contributed by atoms with Crippen LogP contribution in [0.25, 0.3) is 0 Å². The van der Waals surface area contributed by atoms with Crippen LogP contribution in [0.15, 0.2) is 0 Å². The van der Waals surface area contributed by atoms with Gasteiger partial charge in [-0.15, -0.1) is 0 Å². The number of aliphatic carboxylic acids is 1. The second-order valence-corrected chi connectivity index (χ2v) is 10.8. The molecule has 0 radical (unpaired) electrons. The first-order valence-electron chi connectivity index (χ1n) is 14.6. The van der Waals surface area contributed by atoms with Gasteiger partial charge in [0.25, 0.3) is 0 Å². The maximum absolute atomic E-state index is 12.3. The van der Waals surface area contributed by atoms with Gasteiger partial charge in [-0.2, -0.15) is 0 Å². The van der Waals surface area contributed by atoms with Gasteiger partial charge < -0.3 is 14.7 Å². The van der Waals surface area contributed by atoms with Gasteiger partial charge in [0, 0.05) is 32.7 Å². The SMILES string of the molecule is CCN1CC(=O)N(CCCC(CC)(CC)CCCCOCCCCC(CC)(CC)CCC(=O)O)C1=O. The molecule has 0 spiro atoms. The Hall–Kier alpha value is -1.63. The van der Waals surface area contributed by atoms with E-state index < -0.39 is 5.97 Å². The molecule has 1 heterocycles. The van der Waals surface area contributed by atoms with Crippen LogP contribution >= 0.6 is 0 Å². The first-order valence-corrected chi connectivity index (χ1v) is 14.6. The average molecular weight is 511 g/mol. The van der Waals surface area contributed by atoms with Gasteiger partial charge in [-0.05, 0) is 62.7 Å². The first kappa shape index (κ1) is 32.4. The summed E-state index contributed by atoms with van der Waals surface area (Å²) in [6.45, 7) is 13.7. The Bertz CT molecular complexity index is 658. The summed E-state index contributed by atoms with van der Waals surface area (Å²) >= 11 is 0. The number of imide groups is 1. The lowest BCUT2D eigenvalue weighted by molar-refractivity contribution is -0.137. The van der Waals surface area contributed by atoms with Crippen molar-refractivity contribution in [2.75, 3.05) is 32.8 Å². The minimum absolute atomic E-state index is 0.0621. The summed E-state index contributed by atoms with van der Waals surface area (Å²) < 4.78 is 5.91. The van der Waals surface area contributed by atoms with Crippen LogP contribution in [0.4, 0.5) is 4.79 Å². The standard InChI is InChI=1S/C29H54N2O5/c1-6-28(7-2,19-15-21-31-25(32)24-30(10-5)27(31)35)17-11-13-22-36-23-14-12-18-29(8-3,9-4)20-16-26(33)34/h6-24H2,1-5H3,(H,33,34). The lowest BCUT2D eigenvalue weighted by Crippen LogP contribution is -2.34. The van der Waals surface area contributed by atoms with Gasteiger partial charge in [-0.3, -0.25) is 14.5 Å². The Balaban J connectivity index is 2.25. The average Bonchev–Trinajstić information content (AvgIpc) is 3.16. The number of ether oxygens (including phenoxy) is 1. The fourth-order valence-electron chi connectivity index (χ4n) is 5.72. The highest BCUT2D eigenvalue weighted by atomic mass is 16.5. The molecule has 1 rings (SSSR count). The molecule has 3 amide bonds. The number of nitrogens with zero attached hydrogens (tertiary/aromatic N) is 2. The molecule has 210 valence electrons. The molecule has 0 atom stereocenters. The molecule has 0 bridgehead atoms. The van der Waals surface area contributed by atoms with E-state index in [2.05, 4.69) is 27.7 Å². The molecule has 1 aliphatic rings. The Morgan fingerprint density at radius 3 is 1.75 bits per heavy atom. The predicted octanol–water partition coefficient (Wildman–Crippen LogP) is 6.89. The molecular formula is C29H54N2O5. The normalized spacial score (nSPS) is 14.8. The number of urea groups is 1. The number of amides is 3. The molecule has 0 unspecified atom stereocenters. The lowest BCUT2D eigenvalue weighted by Gasteiger charge is -2.32. The quantitative estimate of drug-likeness (QED) is 0.127.